The Labute approximate surface area is 173 Å². The van der Waals surface area contributed by atoms with Gasteiger partial charge in [-0.2, -0.15) is 0 Å². The van der Waals surface area contributed by atoms with Crippen LogP contribution >= 0.6 is 0 Å². The third-order valence-corrected chi connectivity index (χ3v) is 5.21. The van der Waals surface area contributed by atoms with Crippen LogP contribution in [0.1, 0.15) is 10.4 Å². The fourth-order valence-corrected chi connectivity index (χ4v) is 3.54. The molecule has 0 aliphatic carbocycles. The molecule has 1 amide bonds. The van der Waals surface area contributed by atoms with Gasteiger partial charge in [-0.25, -0.2) is 4.98 Å². The summed E-state index contributed by atoms with van der Waals surface area (Å²) in [6.45, 7) is 0. The second-order valence-electron chi connectivity index (χ2n) is 7.49. The molecule has 30 heavy (non-hydrogen) atoms. The Morgan fingerprint density at radius 3 is 2.57 bits per heavy atom. The van der Waals surface area contributed by atoms with E-state index in [1.165, 1.54) is 0 Å². The van der Waals surface area contributed by atoms with E-state index >= 15 is 0 Å². The van der Waals surface area contributed by atoms with Gasteiger partial charge in [0.1, 0.15) is 5.82 Å². The van der Waals surface area contributed by atoms with Gasteiger partial charge in [-0.1, -0.05) is 0 Å². The third kappa shape index (κ3) is 3.28. The van der Waals surface area contributed by atoms with Crippen LogP contribution in [-0.2, 0) is 0 Å². The largest absolute Gasteiger partial charge is 0.378 e. The van der Waals surface area contributed by atoms with Crippen LogP contribution in [0.3, 0.4) is 0 Å². The van der Waals surface area contributed by atoms with Crippen LogP contribution in [0.2, 0.25) is 0 Å². The number of nitrogens with one attached hydrogen (secondary N) is 3. The first kappa shape index (κ1) is 18.0. The van der Waals surface area contributed by atoms with Crippen molar-refractivity contribution in [3.05, 3.63) is 78.5 Å². The van der Waals surface area contributed by atoms with Gasteiger partial charge in [0.15, 0.2) is 0 Å². The number of hydrogen-bond acceptors (Lipinski definition) is 3. The molecule has 0 saturated heterocycles. The highest BCUT2D eigenvalue weighted by Gasteiger charge is 2.10. The van der Waals surface area contributed by atoms with E-state index in [4.69, 9.17) is 0 Å². The summed E-state index contributed by atoms with van der Waals surface area (Å²) in [5, 5.41) is 3.98. The monoisotopic (exact) mass is 395 g/mol. The average molecular weight is 395 g/mol. The quantitative estimate of drug-likeness (QED) is 0.399. The molecule has 148 valence electrons. The minimum atomic E-state index is -0.142. The summed E-state index contributed by atoms with van der Waals surface area (Å²) >= 11 is 0. The molecule has 3 N–H and O–H groups in total. The molecular formula is C24H21N5O. The van der Waals surface area contributed by atoms with Crippen molar-refractivity contribution in [3.8, 4) is 11.4 Å². The molecule has 0 bridgehead atoms. The van der Waals surface area contributed by atoms with E-state index in [-0.39, 0.29) is 5.91 Å². The van der Waals surface area contributed by atoms with Gasteiger partial charge in [-0.15, -0.1) is 0 Å². The van der Waals surface area contributed by atoms with Crippen molar-refractivity contribution in [2.45, 2.75) is 0 Å². The van der Waals surface area contributed by atoms with E-state index < -0.39 is 0 Å². The molecule has 0 unspecified atom stereocenters. The molecule has 6 heteroatoms. The minimum absolute atomic E-state index is 0.142. The number of imidazole rings is 1. The van der Waals surface area contributed by atoms with Crippen LogP contribution in [0, 0.1) is 0 Å². The molecule has 0 atom stereocenters. The normalized spacial score (nSPS) is 11.1. The highest BCUT2D eigenvalue weighted by atomic mass is 16.1. The first-order chi connectivity index (χ1) is 14.6. The molecule has 0 saturated carbocycles. The summed E-state index contributed by atoms with van der Waals surface area (Å²) in [4.78, 5) is 25.9. The van der Waals surface area contributed by atoms with Gasteiger partial charge >= 0.3 is 0 Å². The van der Waals surface area contributed by atoms with E-state index in [2.05, 4.69) is 37.3 Å². The Morgan fingerprint density at radius 2 is 1.77 bits per heavy atom. The van der Waals surface area contributed by atoms with Gasteiger partial charge in [-0.05, 0) is 66.7 Å². The van der Waals surface area contributed by atoms with E-state index in [1.54, 1.807) is 0 Å². The third-order valence-electron chi connectivity index (χ3n) is 5.21. The number of H-pyrrole nitrogens is 2. The number of carbonyl (C=O) groups excluding carboxylic acids is 1. The van der Waals surface area contributed by atoms with Crippen LogP contribution in [0.4, 0.5) is 11.4 Å². The standard InChI is InChI=1S/C24H21N5O/c1-29(2)19-7-3-15(4-8-19)23-27-21-10-6-18(14-22(21)28-23)26-24(30)17-5-9-20-16(13-17)11-12-25-20/h3-14,25H,1-2H3,(H,26,30)(H,27,28). The lowest BCUT2D eigenvalue weighted by Crippen LogP contribution is -2.11. The molecule has 2 aromatic heterocycles. The van der Waals surface area contributed by atoms with Crippen molar-refractivity contribution in [1.82, 2.24) is 15.0 Å². The first-order valence-corrected chi connectivity index (χ1v) is 9.73. The minimum Gasteiger partial charge on any atom is -0.378 e. The van der Waals surface area contributed by atoms with Crippen molar-refractivity contribution in [3.63, 3.8) is 0 Å². The highest BCUT2D eigenvalue weighted by Crippen LogP contribution is 2.25. The van der Waals surface area contributed by atoms with Crippen LogP contribution in [-0.4, -0.2) is 35.0 Å². The number of benzene rings is 3. The van der Waals surface area contributed by atoms with Crippen molar-refractivity contribution in [2.75, 3.05) is 24.3 Å². The summed E-state index contributed by atoms with van der Waals surface area (Å²) in [7, 11) is 4.03. The number of hydrogen-bond donors (Lipinski definition) is 3. The second kappa shape index (κ2) is 7.08. The van der Waals surface area contributed by atoms with Gasteiger partial charge in [0.25, 0.3) is 5.91 Å². The van der Waals surface area contributed by atoms with Gasteiger partial charge < -0.3 is 20.2 Å². The molecule has 0 radical (unpaired) electrons. The van der Waals surface area contributed by atoms with E-state index in [0.717, 1.165) is 44.7 Å². The van der Waals surface area contributed by atoms with Crippen LogP contribution in [0.5, 0.6) is 0 Å². The lowest BCUT2D eigenvalue weighted by molar-refractivity contribution is 0.102. The summed E-state index contributed by atoms with van der Waals surface area (Å²) in [5.74, 6) is 0.660. The SMILES string of the molecule is CN(C)c1ccc(-c2nc3ccc(NC(=O)c4ccc5[nH]ccc5c4)cc3[nH]2)cc1. The molecule has 0 fully saturated rings. The maximum absolute atomic E-state index is 12.7. The molecular weight excluding hydrogens is 374 g/mol. The predicted octanol–water partition coefficient (Wildman–Crippen LogP) is 5.03. The molecule has 3 aromatic carbocycles. The number of anilines is 2. The number of aromatic amines is 2. The predicted molar refractivity (Wildman–Crippen MR) is 122 cm³/mol. The van der Waals surface area contributed by atoms with Crippen LogP contribution < -0.4 is 10.2 Å². The van der Waals surface area contributed by atoms with Crippen molar-refractivity contribution in [1.29, 1.82) is 0 Å². The molecule has 6 nitrogen and oxygen atoms in total. The van der Waals surface area contributed by atoms with E-state index in [9.17, 15) is 4.79 Å². The highest BCUT2D eigenvalue weighted by molar-refractivity contribution is 6.06. The molecule has 0 spiro atoms. The van der Waals surface area contributed by atoms with Crippen LogP contribution in [0.25, 0.3) is 33.3 Å². The summed E-state index contributed by atoms with van der Waals surface area (Å²) < 4.78 is 0. The zero-order chi connectivity index (χ0) is 20.7. The van der Waals surface area contributed by atoms with Crippen LogP contribution in [0.15, 0.2) is 72.9 Å². The van der Waals surface area contributed by atoms with Gasteiger partial charge in [0.05, 0.1) is 11.0 Å². The number of rotatable bonds is 4. The van der Waals surface area contributed by atoms with Gasteiger partial charge in [0.2, 0.25) is 0 Å². The lowest BCUT2D eigenvalue weighted by Gasteiger charge is -2.11. The zero-order valence-electron chi connectivity index (χ0n) is 16.7. The van der Waals surface area contributed by atoms with E-state index in [1.807, 2.05) is 74.9 Å². The fraction of sp³-hybridized carbons (Fsp3) is 0.0833. The topological polar surface area (TPSA) is 76.8 Å². The Morgan fingerprint density at radius 1 is 0.933 bits per heavy atom. The molecule has 5 rings (SSSR count). The second-order valence-corrected chi connectivity index (χ2v) is 7.49. The van der Waals surface area contributed by atoms with E-state index in [0.29, 0.717) is 5.56 Å². The summed E-state index contributed by atoms with van der Waals surface area (Å²) in [6.07, 6.45) is 1.87. The average Bonchev–Trinajstić information content (AvgIpc) is 3.39. The maximum atomic E-state index is 12.7. The van der Waals surface area contributed by atoms with Crippen molar-refractivity contribution in [2.24, 2.45) is 0 Å². The number of nitrogens with zero attached hydrogens (tertiary/aromatic N) is 2. The molecule has 0 aliphatic heterocycles. The lowest BCUT2D eigenvalue weighted by atomic mass is 10.1. The van der Waals surface area contributed by atoms with Gasteiger partial charge in [-0.3, -0.25) is 4.79 Å². The smallest absolute Gasteiger partial charge is 0.255 e. The number of carbonyl (C=O) groups is 1. The Kier molecular flexibility index (Phi) is 4.25. The Bertz CT molecular complexity index is 1360. The Hall–Kier alpha value is -4.06. The molecule has 0 aliphatic rings. The van der Waals surface area contributed by atoms with Crippen molar-refractivity contribution < 1.29 is 4.79 Å². The Balaban J connectivity index is 1.39. The summed E-state index contributed by atoms with van der Waals surface area (Å²) in [5.41, 5.74) is 6.23. The maximum Gasteiger partial charge on any atom is 0.255 e. The molecule has 2 heterocycles. The fourth-order valence-electron chi connectivity index (χ4n) is 3.54. The molecule has 5 aromatic rings. The first-order valence-electron chi connectivity index (χ1n) is 9.73. The zero-order valence-corrected chi connectivity index (χ0v) is 16.7. The summed E-state index contributed by atoms with van der Waals surface area (Å²) in [6, 6.07) is 21.5. The van der Waals surface area contributed by atoms with Crippen molar-refractivity contribution >= 4 is 39.2 Å². The number of aromatic nitrogens is 3. The number of amides is 1. The number of fused-ring (bicyclic) bond motifs is 2. The van der Waals surface area contributed by atoms with Gasteiger partial charge in [0, 0.05) is 53.7 Å².